The number of hydrogen-bond donors (Lipinski definition) is 0. The van der Waals surface area contributed by atoms with Crippen molar-refractivity contribution >= 4 is 23.3 Å². The Morgan fingerprint density at radius 2 is 2.05 bits per heavy atom. The van der Waals surface area contributed by atoms with Crippen molar-refractivity contribution in [3.05, 3.63) is 26.8 Å². The van der Waals surface area contributed by atoms with Crippen molar-refractivity contribution in [1.82, 2.24) is 0 Å². The molecule has 0 aliphatic heterocycles. The average molecular weight is 290 g/mol. The molecule has 8 heteroatoms. The molecule has 7 nitrogen and oxygen atoms in total. The van der Waals surface area contributed by atoms with Crippen molar-refractivity contribution < 1.29 is 23.9 Å². The minimum atomic E-state index is -0.889. The quantitative estimate of drug-likeness (QED) is 0.470. The van der Waals surface area contributed by atoms with E-state index in [1.807, 2.05) is 0 Å². The molecule has 0 spiro atoms. The molecule has 1 aromatic rings. The third-order valence-electron chi connectivity index (χ3n) is 2.27. The smallest absolute Gasteiger partial charge is 0.346 e. The van der Waals surface area contributed by atoms with E-state index in [-0.39, 0.29) is 28.7 Å². The summed E-state index contributed by atoms with van der Waals surface area (Å²) in [5.41, 5.74) is -0.854. The van der Waals surface area contributed by atoms with Crippen LogP contribution in [0.4, 0.5) is 5.69 Å². The number of carbonyl (C=O) groups is 1. The van der Waals surface area contributed by atoms with E-state index in [9.17, 15) is 14.9 Å². The Kier molecular flexibility index (Phi) is 4.94. The maximum Gasteiger partial charge on any atom is 0.346 e. The topological polar surface area (TPSA) is 87.9 Å². The Balaban J connectivity index is 3.57. The predicted octanol–water partition coefficient (Wildman–Crippen LogP) is 2.44. The normalized spacial score (nSPS) is 9.89. The number of methoxy groups -OCH3 is 2. The van der Waals surface area contributed by atoms with E-state index in [1.54, 1.807) is 6.92 Å². The fraction of sp³-hybridized carbons (Fsp3) is 0.364. The molecule has 0 unspecified atom stereocenters. The van der Waals surface area contributed by atoms with Crippen molar-refractivity contribution in [3.63, 3.8) is 0 Å². The molecule has 0 heterocycles. The lowest BCUT2D eigenvalue weighted by atomic mass is 10.1. The van der Waals surface area contributed by atoms with Gasteiger partial charge in [-0.2, -0.15) is 0 Å². The van der Waals surface area contributed by atoms with Crippen molar-refractivity contribution in [1.29, 1.82) is 0 Å². The number of benzene rings is 1. The minimum absolute atomic E-state index is 0.0396. The first-order valence-corrected chi connectivity index (χ1v) is 5.61. The number of rotatable bonds is 5. The molecule has 0 fully saturated rings. The van der Waals surface area contributed by atoms with Crippen molar-refractivity contribution in [2.24, 2.45) is 0 Å². The van der Waals surface area contributed by atoms with Gasteiger partial charge in [0.2, 0.25) is 0 Å². The van der Waals surface area contributed by atoms with Gasteiger partial charge in [-0.05, 0) is 6.92 Å². The first-order chi connectivity index (χ1) is 8.97. The molecule has 0 saturated carbocycles. The van der Waals surface area contributed by atoms with Crippen LogP contribution < -0.4 is 9.47 Å². The molecule has 0 atom stereocenters. The van der Waals surface area contributed by atoms with Crippen LogP contribution in [0.3, 0.4) is 0 Å². The molecule has 1 rings (SSSR count). The van der Waals surface area contributed by atoms with Crippen LogP contribution in [-0.2, 0) is 4.74 Å². The summed E-state index contributed by atoms with van der Waals surface area (Å²) in [5.74, 6) is -0.787. The summed E-state index contributed by atoms with van der Waals surface area (Å²) >= 11 is 5.96. The van der Waals surface area contributed by atoms with Gasteiger partial charge >= 0.3 is 5.97 Å². The molecule has 0 aliphatic carbocycles. The molecule has 19 heavy (non-hydrogen) atoms. The number of halogens is 1. The predicted molar refractivity (Wildman–Crippen MR) is 67.2 cm³/mol. The standard InChI is InChI=1S/C11H12ClNO6/c1-4-19-11(14)8-6(13(15)16)5-7(17-2)10(18-3)9(8)12/h5H,4H2,1-3H3. The van der Waals surface area contributed by atoms with E-state index in [0.29, 0.717) is 0 Å². The fourth-order valence-electron chi connectivity index (χ4n) is 1.48. The summed E-state index contributed by atoms with van der Waals surface area (Å²) in [6.45, 7) is 1.65. The fourth-order valence-corrected chi connectivity index (χ4v) is 1.82. The molecule has 0 N–H and O–H groups in total. The van der Waals surface area contributed by atoms with Crippen molar-refractivity contribution in [2.45, 2.75) is 6.92 Å². The number of carbonyl (C=O) groups excluding carboxylic acids is 1. The largest absolute Gasteiger partial charge is 0.493 e. The zero-order valence-corrected chi connectivity index (χ0v) is 11.3. The van der Waals surface area contributed by atoms with Crippen molar-refractivity contribution in [2.75, 3.05) is 20.8 Å². The lowest BCUT2D eigenvalue weighted by Crippen LogP contribution is -2.10. The molecular weight excluding hydrogens is 278 g/mol. The van der Waals surface area contributed by atoms with Crippen LogP contribution >= 0.6 is 11.6 Å². The monoisotopic (exact) mass is 289 g/mol. The van der Waals surface area contributed by atoms with E-state index in [4.69, 9.17) is 25.8 Å². The van der Waals surface area contributed by atoms with Crippen LogP contribution in [0.2, 0.25) is 5.02 Å². The molecule has 1 aromatic carbocycles. The van der Waals surface area contributed by atoms with E-state index < -0.39 is 16.6 Å². The Morgan fingerprint density at radius 1 is 1.42 bits per heavy atom. The van der Waals surface area contributed by atoms with Crippen LogP contribution in [0.15, 0.2) is 6.07 Å². The van der Waals surface area contributed by atoms with Gasteiger partial charge in [-0.3, -0.25) is 10.1 Å². The van der Waals surface area contributed by atoms with E-state index in [0.717, 1.165) is 6.07 Å². The molecule has 0 radical (unpaired) electrons. The Hall–Kier alpha value is -2.02. The van der Waals surface area contributed by atoms with Gasteiger partial charge in [0.15, 0.2) is 17.1 Å². The lowest BCUT2D eigenvalue weighted by molar-refractivity contribution is -0.385. The van der Waals surface area contributed by atoms with Crippen LogP contribution in [0.25, 0.3) is 0 Å². The van der Waals surface area contributed by atoms with Crippen LogP contribution in [0.5, 0.6) is 11.5 Å². The Bertz CT molecular complexity index is 516. The van der Waals surface area contributed by atoms with E-state index >= 15 is 0 Å². The summed E-state index contributed by atoms with van der Waals surface area (Å²) in [6, 6.07) is 1.07. The van der Waals surface area contributed by atoms with E-state index in [2.05, 4.69) is 0 Å². The summed E-state index contributed by atoms with van der Waals surface area (Å²) in [6.07, 6.45) is 0. The maximum atomic E-state index is 11.8. The van der Waals surface area contributed by atoms with Gasteiger partial charge in [0.05, 0.1) is 31.8 Å². The highest BCUT2D eigenvalue weighted by Crippen LogP contribution is 2.42. The van der Waals surface area contributed by atoms with Gasteiger partial charge in [0.1, 0.15) is 5.02 Å². The lowest BCUT2D eigenvalue weighted by Gasteiger charge is -2.12. The molecular formula is C11H12ClNO6. The second kappa shape index (κ2) is 6.24. The second-order valence-corrected chi connectivity index (χ2v) is 3.68. The van der Waals surface area contributed by atoms with Gasteiger partial charge in [-0.1, -0.05) is 11.6 Å². The maximum absolute atomic E-state index is 11.8. The zero-order valence-electron chi connectivity index (χ0n) is 10.6. The molecule has 0 aliphatic rings. The molecule has 0 bridgehead atoms. The number of esters is 1. The third-order valence-corrected chi connectivity index (χ3v) is 2.63. The molecule has 0 amide bonds. The Morgan fingerprint density at radius 3 is 2.47 bits per heavy atom. The van der Waals surface area contributed by atoms with Crippen LogP contribution in [0, 0.1) is 10.1 Å². The number of hydrogen-bond acceptors (Lipinski definition) is 6. The van der Waals surface area contributed by atoms with Gasteiger partial charge < -0.3 is 14.2 Å². The van der Waals surface area contributed by atoms with Crippen molar-refractivity contribution in [3.8, 4) is 11.5 Å². The average Bonchev–Trinajstić information content (AvgIpc) is 2.37. The summed E-state index contributed by atoms with van der Waals surface area (Å²) in [7, 11) is 2.62. The molecule has 0 aromatic heterocycles. The number of ether oxygens (including phenoxy) is 3. The van der Waals surface area contributed by atoms with Gasteiger partial charge in [0, 0.05) is 0 Å². The minimum Gasteiger partial charge on any atom is -0.493 e. The van der Waals surface area contributed by atoms with Crippen LogP contribution in [-0.4, -0.2) is 31.7 Å². The molecule has 104 valence electrons. The highest BCUT2D eigenvalue weighted by Gasteiger charge is 2.30. The highest BCUT2D eigenvalue weighted by atomic mass is 35.5. The number of nitro groups is 1. The van der Waals surface area contributed by atoms with Gasteiger partial charge in [-0.25, -0.2) is 4.79 Å². The first-order valence-electron chi connectivity index (χ1n) is 5.23. The number of nitrogens with zero attached hydrogens (tertiary/aromatic N) is 1. The van der Waals surface area contributed by atoms with Gasteiger partial charge in [0.25, 0.3) is 5.69 Å². The SMILES string of the molecule is CCOC(=O)c1c([N+](=O)[O-])cc(OC)c(OC)c1Cl. The Labute approximate surface area is 114 Å². The highest BCUT2D eigenvalue weighted by molar-refractivity contribution is 6.36. The van der Waals surface area contributed by atoms with Crippen LogP contribution in [0.1, 0.15) is 17.3 Å². The summed E-state index contributed by atoms with van der Waals surface area (Å²) in [5, 5.41) is 10.8. The zero-order chi connectivity index (χ0) is 14.6. The first kappa shape index (κ1) is 15.0. The number of nitro benzene ring substituents is 1. The summed E-state index contributed by atoms with van der Waals surface area (Å²) < 4.78 is 14.7. The van der Waals surface area contributed by atoms with E-state index in [1.165, 1.54) is 14.2 Å². The second-order valence-electron chi connectivity index (χ2n) is 3.30. The van der Waals surface area contributed by atoms with Gasteiger partial charge in [-0.15, -0.1) is 0 Å². The summed E-state index contributed by atoms with van der Waals surface area (Å²) in [4.78, 5) is 22.0. The molecule has 0 saturated heterocycles. The third kappa shape index (κ3) is 2.87.